The molecule has 5 heteroatoms. The van der Waals surface area contributed by atoms with E-state index in [-0.39, 0.29) is 12.1 Å². The summed E-state index contributed by atoms with van der Waals surface area (Å²) in [5.74, 6) is -0.713. The molecule has 1 aliphatic rings. The minimum Gasteiger partial charge on any atom is -0.480 e. The van der Waals surface area contributed by atoms with Gasteiger partial charge >= 0.3 is 5.97 Å². The van der Waals surface area contributed by atoms with Crippen molar-refractivity contribution in [2.24, 2.45) is 0 Å². The topological polar surface area (TPSA) is 53.4 Å². The molecule has 1 aliphatic heterocycles. The Balaban J connectivity index is 1.88. The molecular formula is C16H18N2O2S. The third kappa shape index (κ3) is 3.14. The maximum atomic E-state index is 11.5. The minimum absolute atomic E-state index is 0.100. The number of rotatable bonds is 5. The zero-order valence-electron chi connectivity index (χ0n) is 11.7. The van der Waals surface area contributed by atoms with Gasteiger partial charge in [0.1, 0.15) is 6.04 Å². The average Bonchev–Trinajstić information content (AvgIpc) is 3.17. The third-order valence-electron chi connectivity index (χ3n) is 3.98. The van der Waals surface area contributed by atoms with Gasteiger partial charge in [-0.05, 0) is 43.0 Å². The number of carboxylic acid groups (broad SMARTS) is 1. The monoisotopic (exact) mass is 302 g/mol. The van der Waals surface area contributed by atoms with Crippen molar-refractivity contribution in [2.45, 2.75) is 31.3 Å². The summed E-state index contributed by atoms with van der Waals surface area (Å²) in [5.41, 5.74) is 1.01. The first-order valence-corrected chi connectivity index (χ1v) is 8.05. The van der Waals surface area contributed by atoms with Gasteiger partial charge in [-0.25, -0.2) is 0 Å². The zero-order valence-corrected chi connectivity index (χ0v) is 12.5. The maximum absolute atomic E-state index is 11.5. The van der Waals surface area contributed by atoms with Crippen molar-refractivity contribution in [3.63, 3.8) is 0 Å². The molecule has 0 amide bonds. The van der Waals surface area contributed by atoms with Crippen molar-refractivity contribution in [1.82, 2.24) is 9.88 Å². The molecule has 1 N–H and O–H groups in total. The van der Waals surface area contributed by atoms with Gasteiger partial charge in [0.2, 0.25) is 0 Å². The average molecular weight is 302 g/mol. The highest BCUT2D eigenvalue weighted by molar-refractivity contribution is 7.10. The number of carbonyl (C=O) groups is 1. The van der Waals surface area contributed by atoms with Gasteiger partial charge < -0.3 is 5.11 Å². The van der Waals surface area contributed by atoms with Gasteiger partial charge in [0.25, 0.3) is 0 Å². The normalized spacial score (nSPS) is 20.5. The minimum atomic E-state index is -0.713. The molecule has 2 aromatic heterocycles. The van der Waals surface area contributed by atoms with E-state index in [0.717, 1.165) is 31.5 Å². The fraction of sp³-hybridized carbons (Fsp3) is 0.375. The maximum Gasteiger partial charge on any atom is 0.320 e. The van der Waals surface area contributed by atoms with Crippen molar-refractivity contribution < 1.29 is 9.90 Å². The van der Waals surface area contributed by atoms with Crippen molar-refractivity contribution in [3.8, 4) is 0 Å². The Bertz CT molecular complexity index is 586. The number of aliphatic carboxylic acids is 1. The van der Waals surface area contributed by atoms with Crippen LogP contribution in [0.25, 0.3) is 0 Å². The lowest BCUT2D eigenvalue weighted by Gasteiger charge is -2.30. The Morgan fingerprint density at radius 1 is 1.43 bits per heavy atom. The molecular weight excluding hydrogens is 284 g/mol. The number of likely N-dealkylation sites (tertiary alicyclic amines) is 1. The summed E-state index contributed by atoms with van der Waals surface area (Å²) in [6.45, 7) is 0.840. The van der Waals surface area contributed by atoms with Crippen LogP contribution in [0.3, 0.4) is 0 Å². The molecule has 3 heterocycles. The van der Waals surface area contributed by atoms with Crippen LogP contribution < -0.4 is 0 Å². The lowest BCUT2D eigenvalue weighted by molar-refractivity contribution is -0.143. The van der Waals surface area contributed by atoms with Crippen LogP contribution in [0.5, 0.6) is 0 Å². The summed E-state index contributed by atoms with van der Waals surface area (Å²) in [7, 11) is 0. The Kier molecular flexibility index (Phi) is 4.31. The molecule has 0 saturated carbocycles. The summed E-state index contributed by atoms with van der Waals surface area (Å²) in [5, 5.41) is 11.5. The fourth-order valence-electron chi connectivity index (χ4n) is 3.01. The summed E-state index contributed by atoms with van der Waals surface area (Å²) >= 11 is 1.69. The standard InChI is InChI=1S/C16H18N2O2S/c19-16(20)13-6-3-9-18(13)14(15-7-4-10-21-15)11-12-5-1-2-8-17-12/h1-2,4-5,7-8,10,13-14H,3,6,9,11H2,(H,19,20). The Morgan fingerprint density at radius 3 is 3.00 bits per heavy atom. The summed E-state index contributed by atoms with van der Waals surface area (Å²) in [4.78, 5) is 19.2. The van der Waals surface area contributed by atoms with Crippen LogP contribution >= 0.6 is 11.3 Å². The molecule has 4 nitrogen and oxygen atoms in total. The highest BCUT2D eigenvalue weighted by Gasteiger charge is 2.36. The Hall–Kier alpha value is -1.72. The van der Waals surface area contributed by atoms with Gasteiger partial charge in [0.15, 0.2) is 0 Å². The molecule has 110 valence electrons. The zero-order chi connectivity index (χ0) is 14.7. The summed E-state index contributed by atoms with van der Waals surface area (Å²) in [6.07, 6.45) is 4.23. The molecule has 0 bridgehead atoms. The van der Waals surface area contributed by atoms with Gasteiger partial charge in [-0.1, -0.05) is 12.1 Å². The predicted molar refractivity (Wildman–Crippen MR) is 82.4 cm³/mol. The number of carboxylic acids is 1. The fourth-order valence-corrected chi connectivity index (χ4v) is 3.85. The summed E-state index contributed by atoms with van der Waals surface area (Å²) < 4.78 is 0. The SMILES string of the molecule is O=C(O)C1CCCN1C(Cc1ccccn1)c1cccs1. The largest absolute Gasteiger partial charge is 0.480 e. The van der Waals surface area contributed by atoms with E-state index >= 15 is 0 Å². The predicted octanol–water partition coefficient (Wildman–Crippen LogP) is 2.98. The smallest absolute Gasteiger partial charge is 0.320 e. The Labute approximate surface area is 128 Å². The van der Waals surface area contributed by atoms with Crippen LogP contribution in [0.1, 0.15) is 29.5 Å². The van der Waals surface area contributed by atoms with E-state index in [1.807, 2.05) is 29.6 Å². The molecule has 21 heavy (non-hydrogen) atoms. The van der Waals surface area contributed by atoms with E-state index in [9.17, 15) is 9.90 Å². The van der Waals surface area contributed by atoms with Gasteiger partial charge in [-0.3, -0.25) is 14.7 Å². The molecule has 0 aliphatic carbocycles. The van der Waals surface area contributed by atoms with Gasteiger partial charge in [0, 0.05) is 23.2 Å². The molecule has 0 spiro atoms. The van der Waals surface area contributed by atoms with E-state index < -0.39 is 5.97 Å². The van der Waals surface area contributed by atoms with E-state index in [1.54, 1.807) is 17.5 Å². The van der Waals surface area contributed by atoms with Gasteiger partial charge in [-0.15, -0.1) is 11.3 Å². The third-order valence-corrected chi connectivity index (χ3v) is 4.95. The lowest BCUT2D eigenvalue weighted by atomic mass is 10.1. The van der Waals surface area contributed by atoms with Crippen LogP contribution in [-0.2, 0) is 11.2 Å². The second-order valence-corrected chi connectivity index (χ2v) is 6.27. The van der Waals surface area contributed by atoms with Crippen molar-refractivity contribution in [1.29, 1.82) is 0 Å². The first-order valence-electron chi connectivity index (χ1n) is 7.17. The number of hydrogen-bond donors (Lipinski definition) is 1. The lowest BCUT2D eigenvalue weighted by Crippen LogP contribution is -2.39. The molecule has 2 aromatic rings. The summed E-state index contributed by atoms with van der Waals surface area (Å²) in [6, 6.07) is 9.73. The van der Waals surface area contributed by atoms with Crippen molar-refractivity contribution >= 4 is 17.3 Å². The molecule has 2 unspecified atom stereocenters. The number of nitrogens with zero attached hydrogens (tertiary/aromatic N) is 2. The highest BCUT2D eigenvalue weighted by atomic mass is 32.1. The molecule has 2 atom stereocenters. The first-order chi connectivity index (χ1) is 10.3. The number of pyridine rings is 1. The number of aromatic nitrogens is 1. The van der Waals surface area contributed by atoms with Crippen LogP contribution in [0.2, 0.25) is 0 Å². The number of thiophene rings is 1. The molecule has 0 aromatic carbocycles. The van der Waals surface area contributed by atoms with E-state index in [2.05, 4.69) is 16.0 Å². The van der Waals surface area contributed by atoms with Crippen molar-refractivity contribution in [2.75, 3.05) is 6.54 Å². The quantitative estimate of drug-likeness (QED) is 0.922. The molecule has 1 fully saturated rings. The number of hydrogen-bond acceptors (Lipinski definition) is 4. The second-order valence-electron chi connectivity index (χ2n) is 5.29. The van der Waals surface area contributed by atoms with Crippen molar-refractivity contribution in [3.05, 3.63) is 52.5 Å². The van der Waals surface area contributed by atoms with Crippen LogP contribution in [0.4, 0.5) is 0 Å². The first kappa shape index (κ1) is 14.2. The highest BCUT2D eigenvalue weighted by Crippen LogP contribution is 2.34. The van der Waals surface area contributed by atoms with Gasteiger partial charge in [-0.2, -0.15) is 0 Å². The van der Waals surface area contributed by atoms with E-state index in [0.29, 0.717) is 0 Å². The van der Waals surface area contributed by atoms with Crippen LogP contribution in [0, 0.1) is 0 Å². The molecule has 1 saturated heterocycles. The van der Waals surface area contributed by atoms with E-state index in [1.165, 1.54) is 4.88 Å². The van der Waals surface area contributed by atoms with Crippen LogP contribution in [-0.4, -0.2) is 33.5 Å². The Morgan fingerprint density at radius 2 is 2.33 bits per heavy atom. The molecule has 0 radical (unpaired) electrons. The molecule has 3 rings (SSSR count). The van der Waals surface area contributed by atoms with E-state index in [4.69, 9.17) is 0 Å². The second kappa shape index (κ2) is 6.37. The van der Waals surface area contributed by atoms with Gasteiger partial charge in [0.05, 0.1) is 6.04 Å². The van der Waals surface area contributed by atoms with Crippen LogP contribution in [0.15, 0.2) is 41.9 Å².